The Morgan fingerprint density at radius 1 is 1.37 bits per heavy atom. The Morgan fingerprint density at radius 2 is 2.21 bits per heavy atom. The van der Waals surface area contributed by atoms with E-state index in [-0.39, 0.29) is 11.7 Å². The molecule has 5 heteroatoms. The summed E-state index contributed by atoms with van der Waals surface area (Å²) in [6.45, 7) is 0.407. The van der Waals surface area contributed by atoms with E-state index in [0.29, 0.717) is 12.1 Å². The Kier molecular flexibility index (Phi) is 3.97. The number of ether oxygens (including phenoxy) is 1. The maximum atomic E-state index is 11.9. The Morgan fingerprint density at radius 3 is 2.95 bits per heavy atom. The molecule has 19 heavy (non-hydrogen) atoms. The number of rotatable bonds is 4. The number of carbonyl (C=O) groups is 1. The number of benzene rings is 1. The molecule has 2 rings (SSSR count). The van der Waals surface area contributed by atoms with Crippen LogP contribution in [0.5, 0.6) is 5.75 Å². The molecule has 0 aliphatic heterocycles. The van der Waals surface area contributed by atoms with Crippen LogP contribution in [0.1, 0.15) is 15.9 Å². The normalized spacial score (nSPS) is 9.95. The lowest BCUT2D eigenvalue weighted by atomic mass is 10.2. The van der Waals surface area contributed by atoms with E-state index in [4.69, 9.17) is 10.5 Å². The van der Waals surface area contributed by atoms with Crippen molar-refractivity contribution >= 4 is 11.7 Å². The summed E-state index contributed by atoms with van der Waals surface area (Å²) >= 11 is 0. The highest BCUT2D eigenvalue weighted by Crippen LogP contribution is 2.13. The summed E-state index contributed by atoms with van der Waals surface area (Å²) in [5.74, 6) is 0.742. The molecular weight excluding hydrogens is 242 g/mol. The van der Waals surface area contributed by atoms with Crippen LogP contribution in [-0.2, 0) is 6.54 Å². The number of hydrogen-bond donors (Lipinski definition) is 2. The lowest BCUT2D eigenvalue weighted by Crippen LogP contribution is -2.24. The van der Waals surface area contributed by atoms with Crippen LogP contribution in [0.4, 0.5) is 5.82 Å². The van der Waals surface area contributed by atoms with Crippen molar-refractivity contribution in [3.8, 4) is 5.75 Å². The third-order valence-electron chi connectivity index (χ3n) is 2.67. The molecule has 5 nitrogen and oxygen atoms in total. The summed E-state index contributed by atoms with van der Waals surface area (Å²) in [5.41, 5.74) is 6.98. The van der Waals surface area contributed by atoms with Gasteiger partial charge in [-0.25, -0.2) is 4.98 Å². The van der Waals surface area contributed by atoms with Gasteiger partial charge in [-0.1, -0.05) is 12.1 Å². The monoisotopic (exact) mass is 257 g/mol. The molecule has 1 amide bonds. The van der Waals surface area contributed by atoms with Crippen molar-refractivity contribution in [3.63, 3.8) is 0 Å². The molecule has 1 aromatic heterocycles. The molecule has 1 heterocycles. The number of amides is 1. The molecular formula is C14H15N3O2. The molecule has 0 aliphatic carbocycles. The van der Waals surface area contributed by atoms with Gasteiger partial charge in [-0.2, -0.15) is 0 Å². The zero-order valence-electron chi connectivity index (χ0n) is 10.6. The van der Waals surface area contributed by atoms with Crippen LogP contribution in [-0.4, -0.2) is 18.0 Å². The first-order valence-corrected chi connectivity index (χ1v) is 5.82. The number of nitrogens with two attached hydrogens (primary N) is 1. The van der Waals surface area contributed by atoms with Crippen molar-refractivity contribution in [1.29, 1.82) is 0 Å². The first-order chi connectivity index (χ1) is 9.20. The molecule has 1 aromatic carbocycles. The Bertz CT molecular complexity index is 584. The van der Waals surface area contributed by atoms with Gasteiger partial charge in [0.05, 0.1) is 12.7 Å². The van der Waals surface area contributed by atoms with Gasteiger partial charge in [0, 0.05) is 12.7 Å². The van der Waals surface area contributed by atoms with E-state index in [9.17, 15) is 4.79 Å². The zero-order chi connectivity index (χ0) is 13.7. The summed E-state index contributed by atoms with van der Waals surface area (Å²) < 4.78 is 5.12. The van der Waals surface area contributed by atoms with Gasteiger partial charge in [0.1, 0.15) is 11.6 Å². The Labute approximate surface area is 111 Å². The van der Waals surface area contributed by atoms with Gasteiger partial charge in [-0.3, -0.25) is 4.79 Å². The number of nitrogens with zero attached hydrogens (tertiary/aromatic N) is 1. The van der Waals surface area contributed by atoms with Crippen molar-refractivity contribution in [3.05, 3.63) is 53.7 Å². The molecule has 98 valence electrons. The summed E-state index contributed by atoms with van der Waals surface area (Å²) in [5, 5.41) is 2.79. The molecule has 0 saturated carbocycles. The van der Waals surface area contributed by atoms with Gasteiger partial charge < -0.3 is 15.8 Å². The van der Waals surface area contributed by atoms with Crippen molar-refractivity contribution in [2.45, 2.75) is 6.54 Å². The first kappa shape index (κ1) is 12.9. The van der Waals surface area contributed by atoms with Gasteiger partial charge in [-0.15, -0.1) is 0 Å². The molecule has 3 N–H and O–H groups in total. The highest BCUT2D eigenvalue weighted by atomic mass is 16.5. The van der Waals surface area contributed by atoms with E-state index < -0.39 is 0 Å². The first-order valence-electron chi connectivity index (χ1n) is 5.82. The summed E-state index contributed by atoms with van der Waals surface area (Å²) in [6, 6.07) is 10.8. The fourth-order valence-corrected chi connectivity index (χ4v) is 1.67. The number of nitrogens with one attached hydrogen (secondary N) is 1. The van der Waals surface area contributed by atoms with Crippen molar-refractivity contribution in [2.75, 3.05) is 12.8 Å². The fourth-order valence-electron chi connectivity index (χ4n) is 1.67. The Hall–Kier alpha value is -2.56. The number of aromatic nitrogens is 1. The SMILES string of the molecule is COc1cccc(CNC(=O)c2cccnc2N)c1. The maximum Gasteiger partial charge on any atom is 0.255 e. The molecule has 0 fully saturated rings. The third kappa shape index (κ3) is 3.22. The summed E-state index contributed by atoms with van der Waals surface area (Å²) in [6.07, 6.45) is 1.55. The van der Waals surface area contributed by atoms with Crippen LogP contribution in [0.25, 0.3) is 0 Å². The van der Waals surface area contributed by atoms with Crippen LogP contribution in [0.2, 0.25) is 0 Å². The van der Waals surface area contributed by atoms with E-state index in [0.717, 1.165) is 11.3 Å². The van der Waals surface area contributed by atoms with E-state index in [2.05, 4.69) is 10.3 Å². The second-order valence-electron chi connectivity index (χ2n) is 3.97. The van der Waals surface area contributed by atoms with Crippen LogP contribution in [0, 0.1) is 0 Å². The van der Waals surface area contributed by atoms with E-state index in [1.165, 1.54) is 0 Å². The molecule has 0 unspecified atom stereocenters. The van der Waals surface area contributed by atoms with Gasteiger partial charge in [0.25, 0.3) is 5.91 Å². The fraction of sp³-hybridized carbons (Fsp3) is 0.143. The maximum absolute atomic E-state index is 11.9. The van der Waals surface area contributed by atoms with Gasteiger partial charge in [-0.05, 0) is 29.8 Å². The number of hydrogen-bond acceptors (Lipinski definition) is 4. The number of anilines is 1. The number of carbonyl (C=O) groups excluding carboxylic acids is 1. The number of pyridine rings is 1. The summed E-state index contributed by atoms with van der Waals surface area (Å²) in [7, 11) is 1.61. The number of nitrogen functional groups attached to an aromatic ring is 1. The average molecular weight is 257 g/mol. The van der Waals surface area contributed by atoms with Crippen molar-refractivity contribution < 1.29 is 9.53 Å². The average Bonchev–Trinajstić information content (AvgIpc) is 2.45. The molecule has 0 spiro atoms. The predicted molar refractivity (Wildman–Crippen MR) is 72.8 cm³/mol. The Balaban J connectivity index is 2.02. The van der Waals surface area contributed by atoms with Gasteiger partial charge in [0.2, 0.25) is 0 Å². The molecule has 2 aromatic rings. The highest BCUT2D eigenvalue weighted by molar-refractivity contribution is 5.98. The largest absolute Gasteiger partial charge is 0.497 e. The molecule has 0 atom stereocenters. The van der Waals surface area contributed by atoms with Crippen LogP contribution in [0.15, 0.2) is 42.6 Å². The second kappa shape index (κ2) is 5.86. The highest BCUT2D eigenvalue weighted by Gasteiger charge is 2.09. The van der Waals surface area contributed by atoms with E-state index in [1.807, 2.05) is 24.3 Å². The van der Waals surface area contributed by atoms with Crippen LogP contribution in [0.3, 0.4) is 0 Å². The van der Waals surface area contributed by atoms with Crippen molar-refractivity contribution in [2.24, 2.45) is 0 Å². The van der Waals surface area contributed by atoms with Gasteiger partial charge >= 0.3 is 0 Å². The molecule has 0 radical (unpaired) electrons. The molecule has 0 aliphatic rings. The minimum atomic E-state index is -0.242. The lowest BCUT2D eigenvalue weighted by molar-refractivity contribution is 0.0951. The minimum absolute atomic E-state index is 0.227. The topological polar surface area (TPSA) is 77.2 Å². The smallest absolute Gasteiger partial charge is 0.255 e. The molecule has 0 saturated heterocycles. The van der Waals surface area contributed by atoms with E-state index in [1.54, 1.807) is 25.4 Å². The minimum Gasteiger partial charge on any atom is -0.497 e. The standard InChI is InChI=1S/C14H15N3O2/c1-19-11-5-2-4-10(8-11)9-17-14(18)12-6-3-7-16-13(12)15/h2-8H,9H2,1H3,(H2,15,16)(H,17,18). The van der Waals surface area contributed by atoms with Crippen LogP contribution < -0.4 is 15.8 Å². The van der Waals surface area contributed by atoms with Gasteiger partial charge in [0.15, 0.2) is 0 Å². The summed E-state index contributed by atoms with van der Waals surface area (Å²) in [4.78, 5) is 15.8. The van der Waals surface area contributed by atoms with Crippen LogP contribution >= 0.6 is 0 Å². The zero-order valence-corrected chi connectivity index (χ0v) is 10.6. The predicted octanol–water partition coefficient (Wildman–Crippen LogP) is 1.60. The second-order valence-corrected chi connectivity index (χ2v) is 3.97. The molecule has 0 bridgehead atoms. The number of methoxy groups -OCH3 is 1. The quantitative estimate of drug-likeness (QED) is 0.872. The lowest BCUT2D eigenvalue weighted by Gasteiger charge is -2.08. The van der Waals surface area contributed by atoms with Crippen molar-refractivity contribution in [1.82, 2.24) is 10.3 Å². The third-order valence-corrected chi connectivity index (χ3v) is 2.67. The van der Waals surface area contributed by atoms with E-state index >= 15 is 0 Å².